The minimum atomic E-state index is -0.184. The smallest absolute Gasteiger partial charge is 0.249 e. The van der Waals surface area contributed by atoms with E-state index >= 15 is 0 Å². The van der Waals surface area contributed by atoms with Gasteiger partial charge >= 0.3 is 0 Å². The lowest BCUT2D eigenvalue weighted by molar-refractivity contribution is 0.354. The molecule has 7 nitrogen and oxygen atoms in total. The summed E-state index contributed by atoms with van der Waals surface area (Å²) in [6, 6.07) is 8.96. The number of pyridine rings is 1. The Morgan fingerprint density at radius 2 is 1.85 bits per heavy atom. The van der Waals surface area contributed by atoms with Crippen LogP contribution in [-0.4, -0.2) is 29.2 Å². The summed E-state index contributed by atoms with van der Waals surface area (Å²) < 4.78 is 10.6. The first kappa shape index (κ1) is 17.7. The van der Waals surface area contributed by atoms with Crippen LogP contribution in [0.3, 0.4) is 0 Å². The van der Waals surface area contributed by atoms with E-state index in [1.54, 1.807) is 20.3 Å². The molecule has 2 aromatic heterocycles. The van der Waals surface area contributed by atoms with Gasteiger partial charge in [0.15, 0.2) is 11.5 Å². The molecule has 2 N–H and O–H groups in total. The first-order valence-corrected chi connectivity index (χ1v) is 8.37. The molecule has 0 saturated carbocycles. The molecular weight excluding hydrogens is 332 g/mol. The lowest BCUT2D eigenvalue weighted by atomic mass is 10.1. The summed E-state index contributed by atoms with van der Waals surface area (Å²) in [6.45, 7) is 4.64. The van der Waals surface area contributed by atoms with E-state index < -0.39 is 0 Å². The number of methoxy groups -OCH3 is 2. The third kappa shape index (κ3) is 3.61. The molecular formula is C19H22N4O3. The molecule has 3 aromatic rings. The number of aromatic amines is 1. The van der Waals surface area contributed by atoms with E-state index in [0.29, 0.717) is 29.6 Å². The summed E-state index contributed by atoms with van der Waals surface area (Å²) in [5, 5.41) is 4.07. The molecule has 3 rings (SSSR count). The van der Waals surface area contributed by atoms with Crippen LogP contribution in [0, 0.1) is 0 Å². The number of hydrogen-bond acceptors (Lipinski definition) is 6. The average molecular weight is 354 g/mol. The highest BCUT2D eigenvalue weighted by Crippen LogP contribution is 2.28. The molecule has 0 aliphatic rings. The summed E-state index contributed by atoms with van der Waals surface area (Å²) in [5.74, 6) is 2.02. The van der Waals surface area contributed by atoms with Gasteiger partial charge in [0, 0.05) is 18.0 Å². The van der Waals surface area contributed by atoms with Crippen LogP contribution in [0.5, 0.6) is 11.5 Å². The normalized spacial score (nSPS) is 11.0. The van der Waals surface area contributed by atoms with Gasteiger partial charge in [-0.15, -0.1) is 0 Å². The number of anilines is 1. The Labute approximate surface area is 151 Å². The van der Waals surface area contributed by atoms with Gasteiger partial charge in [0.2, 0.25) is 11.5 Å². The SMILES string of the molecule is COc1ccc(CNc2nc(C(C)C)c3ccc(=O)[nH]c3n2)cc1OC. The maximum Gasteiger partial charge on any atom is 0.249 e. The second-order valence-corrected chi connectivity index (χ2v) is 6.21. The first-order valence-electron chi connectivity index (χ1n) is 8.37. The topological polar surface area (TPSA) is 89.1 Å². The summed E-state index contributed by atoms with van der Waals surface area (Å²) in [5.41, 5.74) is 2.24. The Kier molecular flexibility index (Phi) is 5.06. The Bertz CT molecular complexity index is 982. The van der Waals surface area contributed by atoms with Gasteiger partial charge in [-0.3, -0.25) is 4.79 Å². The van der Waals surface area contributed by atoms with Crippen molar-refractivity contribution in [2.75, 3.05) is 19.5 Å². The predicted molar refractivity (Wildman–Crippen MR) is 101 cm³/mol. The summed E-state index contributed by atoms with van der Waals surface area (Å²) in [7, 11) is 3.21. The first-order chi connectivity index (χ1) is 12.5. The van der Waals surface area contributed by atoms with E-state index in [9.17, 15) is 4.79 Å². The zero-order chi connectivity index (χ0) is 18.7. The number of hydrogen-bond donors (Lipinski definition) is 2. The molecule has 0 bridgehead atoms. The zero-order valence-electron chi connectivity index (χ0n) is 15.3. The van der Waals surface area contributed by atoms with E-state index in [1.807, 2.05) is 18.2 Å². The third-order valence-electron chi connectivity index (χ3n) is 4.06. The number of H-pyrrole nitrogens is 1. The number of fused-ring (bicyclic) bond motifs is 1. The maximum atomic E-state index is 11.6. The Hall–Kier alpha value is -3.09. The van der Waals surface area contributed by atoms with Gasteiger partial charge in [0.05, 0.1) is 19.9 Å². The number of benzene rings is 1. The zero-order valence-corrected chi connectivity index (χ0v) is 15.3. The van der Waals surface area contributed by atoms with Crippen LogP contribution < -0.4 is 20.3 Å². The second kappa shape index (κ2) is 7.43. The van der Waals surface area contributed by atoms with E-state index in [4.69, 9.17) is 9.47 Å². The van der Waals surface area contributed by atoms with Crippen LogP contribution >= 0.6 is 0 Å². The van der Waals surface area contributed by atoms with Crippen LogP contribution in [0.25, 0.3) is 11.0 Å². The van der Waals surface area contributed by atoms with E-state index in [-0.39, 0.29) is 11.5 Å². The van der Waals surface area contributed by atoms with Crippen molar-refractivity contribution in [3.05, 3.63) is 51.9 Å². The van der Waals surface area contributed by atoms with Crippen molar-refractivity contribution in [1.82, 2.24) is 15.0 Å². The molecule has 0 saturated heterocycles. The van der Waals surface area contributed by atoms with Crippen LogP contribution in [0.4, 0.5) is 5.95 Å². The van der Waals surface area contributed by atoms with Gasteiger partial charge in [-0.05, 0) is 29.7 Å². The van der Waals surface area contributed by atoms with Crippen molar-refractivity contribution >= 4 is 17.0 Å². The number of nitrogens with zero attached hydrogens (tertiary/aromatic N) is 2. The fourth-order valence-electron chi connectivity index (χ4n) is 2.75. The van der Waals surface area contributed by atoms with Crippen molar-refractivity contribution in [2.45, 2.75) is 26.3 Å². The van der Waals surface area contributed by atoms with Crippen molar-refractivity contribution in [2.24, 2.45) is 0 Å². The average Bonchev–Trinajstić information content (AvgIpc) is 2.64. The lowest BCUT2D eigenvalue weighted by Crippen LogP contribution is -2.11. The molecule has 0 spiro atoms. The monoisotopic (exact) mass is 354 g/mol. The number of nitrogens with one attached hydrogen (secondary N) is 2. The van der Waals surface area contributed by atoms with E-state index in [1.165, 1.54) is 6.07 Å². The fourth-order valence-corrected chi connectivity index (χ4v) is 2.75. The number of ether oxygens (including phenoxy) is 2. The Morgan fingerprint density at radius 1 is 1.08 bits per heavy atom. The maximum absolute atomic E-state index is 11.6. The minimum Gasteiger partial charge on any atom is -0.493 e. The van der Waals surface area contributed by atoms with Gasteiger partial charge < -0.3 is 19.8 Å². The standard InChI is InChI=1S/C19H22N4O3/c1-11(2)17-13-6-8-16(24)21-18(13)23-19(22-17)20-10-12-5-7-14(25-3)15(9-12)26-4/h5-9,11H,10H2,1-4H3,(H2,20,21,22,23,24). The Balaban J connectivity index is 1.90. The fraction of sp³-hybridized carbons (Fsp3) is 0.316. The highest BCUT2D eigenvalue weighted by molar-refractivity contribution is 5.78. The molecule has 0 radical (unpaired) electrons. The summed E-state index contributed by atoms with van der Waals surface area (Å²) in [4.78, 5) is 23.5. The van der Waals surface area contributed by atoms with Crippen molar-refractivity contribution in [1.29, 1.82) is 0 Å². The van der Waals surface area contributed by atoms with Crippen LogP contribution in [0.2, 0.25) is 0 Å². The highest BCUT2D eigenvalue weighted by atomic mass is 16.5. The number of rotatable bonds is 6. The lowest BCUT2D eigenvalue weighted by Gasteiger charge is -2.13. The molecule has 136 valence electrons. The molecule has 0 fully saturated rings. The molecule has 0 unspecified atom stereocenters. The molecule has 0 amide bonds. The van der Waals surface area contributed by atoms with Crippen molar-refractivity contribution < 1.29 is 9.47 Å². The molecule has 0 aliphatic heterocycles. The van der Waals surface area contributed by atoms with Crippen LogP contribution in [-0.2, 0) is 6.54 Å². The Morgan fingerprint density at radius 3 is 2.54 bits per heavy atom. The quantitative estimate of drug-likeness (QED) is 0.707. The minimum absolute atomic E-state index is 0.184. The predicted octanol–water partition coefficient (Wildman–Crippen LogP) is 3.07. The van der Waals surface area contributed by atoms with Crippen molar-refractivity contribution in [3.8, 4) is 11.5 Å². The molecule has 2 heterocycles. The van der Waals surface area contributed by atoms with Gasteiger partial charge in [-0.25, -0.2) is 4.98 Å². The van der Waals surface area contributed by atoms with Gasteiger partial charge in [-0.2, -0.15) is 4.98 Å². The molecule has 7 heteroatoms. The van der Waals surface area contributed by atoms with E-state index in [0.717, 1.165) is 16.6 Å². The van der Waals surface area contributed by atoms with Gasteiger partial charge in [0.1, 0.15) is 5.65 Å². The van der Waals surface area contributed by atoms with Crippen LogP contribution in [0.15, 0.2) is 35.1 Å². The van der Waals surface area contributed by atoms with Crippen molar-refractivity contribution in [3.63, 3.8) is 0 Å². The van der Waals surface area contributed by atoms with Gasteiger partial charge in [0.25, 0.3) is 0 Å². The largest absolute Gasteiger partial charge is 0.493 e. The van der Waals surface area contributed by atoms with Crippen LogP contribution in [0.1, 0.15) is 31.0 Å². The summed E-state index contributed by atoms with van der Waals surface area (Å²) >= 11 is 0. The second-order valence-electron chi connectivity index (χ2n) is 6.21. The molecule has 0 atom stereocenters. The molecule has 0 aliphatic carbocycles. The van der Waals surface area contributed by atoms with E-state index in [2.05, 4.69) is 34.1 Å². The van der Waals surface area contributed by atoms with Gasteiger partial charge in [-0.1, -0.05) is 19.9 Å². The molecule has 1 aromatic carbocycles. The highest BCUT2D eigenvalue weighted by Gasteiger charge is 2.12. The number of aromatic nitrogens is 3. The molecule has 26 heavy (non-hydrogen) atoms. The third-order valence-corrected chi connectivity index (χ3v) is 4.06. The summed E-state index contributed by atoms with van der Waals surface area (Å²) in [6.07, 6.45) is 0.